The van der Waals surface area contributed by atoms with Crippen molar-refractivity contribution < 1.29 is 4.42 Å². The predicted octanol–water partition coefficient (Wildman–Crippen LogP) is 15.8. The zero-order chi connectivity index (χ0) is 42.3. The number of nitrogens with zero attached hydrogens (tertiary/aromatic N) is 3. The second-order valence-corrected chi connectivity index (χ2v) is 16.6. The highest BCUT2D eigenvalue weighted by atomic mass is 16.3. The summed E-state index contributed by atoms with van der Waals surface area (Å²) in [5.74, 6) is 0.646. The fourth-order valence-electron chi connectivity index (χ4n) is 9.87. The summed E-state index contributed by atoms with van der Waals surface area (Å²) in [4.78, 5) is 10.7. The minimum absolute atomic E-state index is 0.646. The molecule has 0 spiro atoms. The van der Waals surface area contributed by atoms with E-state index >= 15 is 0 Å². The highest BCUT2D eigenvalue weighted by molar-refractivity contribution is 6.12. The third-order valence-corrected chi connectivity index (χ3v) is 12.9. The van der Waals surface area contributed by atoms with Gasteiger partial charge in [0.2, 0.25) is 0 Å². The molecule has 298 valence electrons. The Morgan fingerprint density at radius 2 is 0.984 bits per heavy atom. The summed E-state index contributed by atoms with van der Waals surface area (Å²) in [6.07, 6.45) is 0. The maximum atomic E-state index is 6.62. The lowest BCUT2D eigenvalue weighted by atomic mass is 9.95. The largest absolute Gasteiger partial charge is 0.452 e. The molecule has 4 nitrogen and oxygen atoms in total. The van der Waals surface area contributed by atoms with Crippen molar-refractivity contribution in [1.29, 1.82) is 0 Å². The number of hydrogen-bond donors (Lipinski definition) is 0. The number of furan rings is 1. The van der Waals surface area contributed by atoms with Crippen molar-refractivity contribution in [2.75, 3.05) is 0 Å². The molecule has 0 fully saturated rings. The molecule has 9 aromatic carbocycles. The summed E-state index contributed by atoms with van der Waals surface area (Å²) in [5, 5.41) is 3.38. The number of aromatic nitrogens is 3. The van der Waals surface area contributed by atoms with Gasteiger partial charge in [0.1, 0.15) is 16.8 Å². The van der Waals surface area contributed by atoms with Gasteiger partial charge in [0.15, 0.2) is 11.4 Å². The Bertz CT molecular complexity index is 3840. The molecule has 0 unspecified atom stereocenters. The van der Waals surface area contributed by atoms with E-state index in [1.165, 1.54) is 32.9 Å². The van der Waals surface area contributed by atoms with Crippen LogP contribution in [0.4, 0.5) is 0 Å². The van der Waals surface area contributed by atoms with Crippen LogP contribution < -0.4 is 0 Å². The molecule has 0 N–H and O–H groups in total. The third kappa shape index (κ3) is 5.63. The summed E-state index contributed by atoms with van der Waals surface area (Å²) < 4.78 is 9.01. The van der Waals surface area contributed by atoms with E-state index in [0.29, 0.717) is 11.4 Å². The highest BCUT2D eigenvalue weighted by Gasteiger charge is 2.28. The Hall–Kier alpha value is -8.60. The summed E-state index contributed by atoms with van der Waals surface area (Å²) in [7, 11) is 0. The third-order valence-electron chi connectivity index (χ3n) is 12.9. The standard InChI is InChI=1S/C60H37N3O/c1-37-46-30-27-43(44-28-31-54-50(34-44)48-23-11-12-26-53(48)63(54)45-22-13-21-41(33-45)38-15-5-2-6-16-38)35-51(46)56-47(37)24-14-25-49(56)60-61-57(40-19-9-4-10-20-40)59-58(62-60)52-36-42(29-32-55(52)64-59)39-17-7-3-8-18-39/h2-36H,1H2. The van der Waals surface area contributed by atoms with E-state index in [9.17, 15) is 0 Å². The van der Waals surface area contributed by atoms with E-state index in [1.54, 1.807) is 0 Å². The van der Waals surface area contributed by atoms with Crippen molar-refractivity contribution in [3.63, 3.8) is 0 Å². The molecule has 3 aromatic heterocycles. The average Bonchev–Trinajstić information content (AvgIpc) is 4.01. The first-order chi connectivity index (χ1) is 31.6. The normalized spacial score (nSPS) is 12.1. The minimum atomic E-state index is 0.646. The molecule has 0 radical (unpaired) electrons. The lowest BCUT2D eigenvalue weighted by molar-refractivity contribution is 0.667. The summed E-state index contributed by atoms with van der Waals surface area (Å²) in [6, 6.07) is 75.3. The van der Waals surface area contributed by atoms with Gasteiger partial charge >= 0.3 is 0 Å². The zero-order valence-electron chi connectivity index (χ0n) is 34.7. The van der Waals surface area contributed by atoms with Crippen LogP contribution >= 0.6 is 0 Å². The number of rotatable bonds is 6. The predicted molar refractivity (Wildman–Crippen MR) is 264 cm³/mol. The molecule has 1 aliphatic rings. The average molecular weight is 816 g/mol. The Labute approximate surface area is 369 Å². The molecule has 64 heavy (non-hydrogen) atoms. The molecular weight excluding hydrogens is 779 g/mol. The molecule has 0 aliphatic heterocycles. The van der Waals surface area contributed by atoms with Crippen LogP contribution in [0.25, 0.3) is 122 Å². The van der Waals surface area contributed by atoms with Crippen LogP contribution in [0.3, 0.4) is 0 Å². The molecule has 1 aliphatic carbocycles. The molecule has 13 rings (SSSR count). The van der Waals surface area contributed by atoms with Crippen molar-refractivity contribution in [1.82, 2.24) is 14.5 Å². The molecular formula is C60H37N3O. The fraction of sp³-hybridized carbons (Fsp3) is 0. The summed E-state index contributed by atoms with van der Waals surface area (Å²) >= 11 is 0. The Balaban J connectivity index is 0.967. The maximum Gasteiger partial charge on any atom is 0.180 e. The van der Waals surface area contributed by atoms with Crippen LogP contribution in [-0.4, -0.2) is 14.5 Å². The highest BCUT2D eigenvalue weighted by Crippen LogP contribution is 2.50. The Morgan fingerprint density at radius 1 is 0.391 bits per heavy atom. The maximum absolute atomic E-state index is 6.62. The Kier molecular flexibility index (Phi) is 8.03. The van der Waals surface area contributed by atoms with E-state index in [2.05, 4.69) is 193 Å². The van der Waals surface area contributed by atoms with Crippen LogP contribution in [0, 0.1) is 0 Å². The van der Waals surface area contributed by atoms with E-state index in [1.807, 2.05) is 30.3 Å². The van der Waals surface area contributed by atoms with Crippen LogP contribution in [0.1, 0.15) is 11.1 Å². The topological polar surface area (TPSA) is 43.9 Å². The molecule has 4 heteroatoms. The molecule has 0 saturated heterocycles. The van der Waals surface area contributed by atoms with Gasteiger partial charge in [0.25, 0.3) is 0 Å². The SMILES string of the molecule is C=C1c2ccc(-c3ccc4c(c3)c3ccccc3n4-c3cccc(-c4ccccc4)c3)cc2-c2c1cccc2-c1nc(-c2ccccc2)c2oc3ccc(-c4ccccc4)cc3c2n1. The first-order valence-corrected chi connectivity index (χ1v) is 21.7. The van der Waals surface area contributed by atoms with Gasteiger partial charge in [-0.1, -0.05) is 170 Å². The second-order valence-electron chi connectivity index (χ2n) is 16.6. The molecule has 3 heterocycles. The monoisotopic (exact) mass is 815 g/mol. The smallest absolute Gasteiger partial charge is 0.180 e. The van der Waals surface area contributed by atoms with Crippen molar-refractivity contribution in [2.24, 2.45) is 0 Å². The zero-order valence-corrected chi connectivity index (χ0v) is 34.7. The van der Waals surface area contributed by atoms with Crippen LogP contribution in [0.5, 0.6) is 0 Å². The first kappa shape index (κ1) is 36.1. The lowest BCUT2D eigenvalue weighted by Crippen LogP contribution is -1.96. The van der Waals surface area contributed by atoms with Gasteiger partial charge in [0, 0.05) is 38.5 Å². The molecule has 0 atom stereocenters. The van der Waals surface area contributed by atoms with E-state index in [-0.39, 0.29) is 0 Å². The van der Waals surface area contributed by atoms with Gasteiger partial charge < -0.3 is 8.98 Å². The van der Waals surface area contributed by atoms with E-state index in [0.717, 1.165) is 89.1 Å². The fourth-order valence-corrected chi connectivity index (χ4v) is 9.87. The second kappa shape index (κ2) is 14.2. The van der Waals surface area contributed by atoms with Crippen molar-refractivity contribution in [2.45, 2.75) is 0 Å². The van der Waals surface area contributed by atoms with Crippen molar-refractivity contribution in [3.05, 3.63) is 230 Å². The summed E-state index contributed by atoms with van der Waals surface area (Å²) in [6.45, 7) is 4.63. The number of para-hydroxylation sites is 1. The van der Waals surface area contributed by atoms with Gasteiger partial charge in [-0.3, -0.25) is 0 Å². The summed E-state index contributed by atoms with van der Waals surface area (Å²) in [5.41, 5.74) is 20.8. The molecule has 0 bridgehead atoms. The Morgan fingerprint density at radius 3 is 1.78 bits per heavy atom. The van der Waals surface area contributed by atoms with Gasteiger partial charge in [-0.25, -0.2) is 9.97 Å². The van der Waals surface area contributed by atoms with Gasteiger partial charge in [-0.2, -0.15) is 0 Å². The van der Waals surface area contributed by atoms with Gasteiger partial charge in [0.05, 0.1) is 11.0 Å². The quantitative estimate of drug-likeness (QED) is 0.168. The van der Waals surface area contributed by atoms with E-state index < -0.39 is 0 Å². The van der Waals surface area contributed by atoms with Crippen LogP contribution in [0.2, 0.25) is 0 Å². The molecule has 0 saturated carbocycles. The first-order valence-electron chi connectivity index (χ1n) is 21.7. The molecule has 0 amide bonds. The van der Waals surface area contributed by atoms with Gasteiger partial charge in [-0.05, 0) is 104 Å². The molecule has 12 aromatic rings. The van der Waals surface area contributed by atoms with Crippen molar-refractivity contribution in [3.8, 4) is 72.8 Å². The minimum Gasteiger partial charge on any atom is -0.452 e. The van der Waals surface area contributed by atoms with Crippen LogP contribution in [-0.2, 0) is 0 Å². The van der Waals surface area contributed by atoms with Crippen LogP contribution in [0.15, 0.2) is 223 Å². The van der Waals surface area contributed by atoms with Crippen molar-refractivity contribution >= 4 is 49.4 Å². The van der Waals surface area contributed by atoms with E-state index in [4.69, 9.17) is 14.4 Å². The van der Waals surface area contributed by atoms with Gasteiger partial charge in [-0.15, -0.1) is 0 Å². The number of benzene rings is 9. The lowest BCUT2D eigenvalue weighted by Gasteiger charge is -2.12. The number of hydrogen-bond acceptors (Lipinski definition) is 3. The number of fused-ring (bicyclic) bond motifs is 9.